The largest absolute Gasteiger partial charge is 0.309 e. The Balaban J connectivity index is 1.11. The molecule has 0 unspecified atom stereocenters. The highest BCUT2D eigenvalue weighted by Gasteiger charge is 2.41. The molecule has 0 amide bonds. The van der Waals surface area contributed by atoms with Crippen LogP contribution in [-0.4, -0.2) is 9.13 Å². The molecule has 0 aliphatic carbocycles. The molecule has 1 aliphatic rings. The van der Waals surface area contributed by atoms with Crippen molar-refractivity contribution >= 4 is 63.7 Å². The summed E-state index contributed by atoms with van der Waals surface area (Å²) in [6.07, 6.45) is 0. The monoisotopic (exact) mass is 854 g/mol. The maximum atomic E-state index is 2.55. The molecule has 0 saturated heterocycles. The maximum Gasteiger partial charge on any atom is 0.0671 e. The van der Waals surface area contributed by atoms with E-state index in [1.165, 1.54) is 88.5 Å². The Morgan fingerprint density at radius 3 is 1.44 bits per heavy atom. The Bertz CT molecular complexity index is 3570. The summed E-state index contributed by atoms with van der Waals surface area (Å²) in [6, 6.07) is 95.5. The van der Waals surface area contributed by atoms with E-state index >= 15 is 0 Å². The predicted octanol–water partition coefficient (Wildman–Crippen LogP) is 16.9. The van der Waals surface area contributed by atoms with Gasteiger partial charge in [-0.05, 0) is 115 Å². The second kappa shape index (κ2) is 14.5. The van der Waals surface area contributed by atoms with Crippen molar-refractivity contribution in [3.63, 3.8) is 0 Å². The van der Waals surface area contributed by atoms with Crippen LogP contribution in [0.4, 0.5) is 0 Å². The topological polar surface area (TPSA) is 9.86 Å². The first-order valence-electron chi connectivity index (χ1n) is 21.9. The first-order valence-corrected chi connectivity index (χ1v) is 25.2. The van der Waals surface area contributed by atoms with Crippen LogP contribution in [-0.2, 0) is 0 Å². The van der Waals surface area contributed by atoms with Crippen molar-refractivity contribution in [1.82, 2.24) is 9.13 Å². The molecule has 2 nitrogen and oxygen atoms in total. The highest BCUT2D eigenvalue weighted by atomic mass is 32.3. The summed E-state index contributed by atoms with van der Waals surface area (Å²) in [6.45, 7) is 0. The van der Waals surface area contributed by atoms with Gasteiger partial charge in [-0.15, -0.1) is 20.1 Å². The van der Waals surface area contributed by atoms with Gasteiger partial charge in [0.2, 0.25) is 0 Å². The fourth-order valence-corrected chi connectivity index (χ4v) is 18.8. The Labute approximate surface area is 376 Å². The van der Waals surface area contributed by atoms with Crippen LogP contribution in [0.2, 0.25) is 0 Å². The third-order valence-corrected chi connectivity index (χ3v) is 21.1. The fraction of sp³-hybridized carbons (Fsp3) is 0. The Hall–Kier alpha value is -7.50. The van der Waals surface area contributed by atoms with E-state index in [2.05, 4.69) is 264 Å². The number of hydrogen-bond acceptors (Lipinski definition) is 0. The van der Waals surface area contributed by atoms with Crippen molar-refractivity contribution in [2.24, 2.45) is 0 Å². The average Bonchev–Trinajstić information content (AvgIpc) is 3.89. The van der Waals surface area contributed by atoms with Crippen LogP contribution in [0.1, 0.15) is 0 Å². The minimum atomic E-state index is -1.90. The number of aromatic nitrogens is 2. The molecule has 10 aromatic carbocycles. The molecule has 13 rings (SSSR count). The number of benzene rings is 10. The normalized spacial score (nSPS) is 13.9. The third-order valence-electron chi connectivity index (χ3n) is 13.2. The van der Waals surface area contributed by atoms with Crippen LogP contribution in [0, 0.1) is 0 Å². The van der Waals surface area contributed by atoms with Crippen molar-refractivity contribution < 1.29 is 0 Å². The van der Waals surface area contributed by atoms with Gasteiger partial charge in [-0.2, -0.15) is 0 Å². The van der Waals surface area contributed by atoms with Gasteiger partial charge in [0, 0.05) is 66.4 Å². The molecule has 4 heteroatoms. The molecule has 304 valence electrons. The lowest BCUT2D eigenvalue weighted by atomic mass is 10.1. The molecule has 0 spiro atoms. The minimum Gasteiger partial charge on any atom is -0.309 e. The van der Waals surface area contributed by atoms with E-state index in [1.807, 2.05) is 0 Å². The van der Waals surface area contributed by atoms with Gasteiger partial charge in [0.15, 0.2) is 0 Å². The molecule has 1 aliphatic heterocycles. The molecule has 2 aromatic heterocycles. The van der Waals surface area contributed by atoms with Crippen LogP contribution in [0.15, 0.2) is 294 Å². The van der Waals surface area contributed by atoms with E-state index in [4.69, 9.17) is 0 Å². The zero-order valence-electron chi connectivity index (χ0n) is 35.0. The molecule has 0 radical (unpaired) electrons. The zero-order valence-corrected chi connectivity index (χ0v) is 36.6. The Morgan fingerprint density at radius 2 is 0.797 bits per heavy atom. The first kappa shape index (κ1) is 37.1. The highest BCUT2D eigenvalue weighted by molar-refractivity contribution is 8.34. The van der Waals surface area contributed by atoms with Crippen molar-refractivity contribution in [2.45, 2.75) is 39.2 Å². The third kappa shape index (κ3) is 5.12. The summed E-state index contributed by atoms with van der Waals surface area (Å²) < 4.78 is 5.07. The molecule has 64 heavy (non-hydrogen) atoms. The lowest BCUT2D eigenvalue weighted by Crippen LogP contribution is -2.14. The van der Waals surface area contributed by atoms with Crippen LogP contribution >= 0.6 is 20.1 Å². The number of rotatable bonds is 7. The summed E-state index contributed by atoms with van der Waals surface area (Å²) in [4.78, 5) is 10.7. The van der Waals surface area contributed by atoms with Gasteiger partial charge in [-0.1, -0.05) is 140 Å². The predicted molar refractivity (Wildman–Crippen MR) is 269 cm³/mol. The second-order valence-corrected chi connectivity index (χ2v) is 22.6. The van der Waals surface area contributed by atoms with E-state index < -0.39 is 20.1 Å². The quantitative estimate of drug-likeness (QED) is 0.151. The van der Waals surface area contributed by atoms with E-state index in [-0.39, 0.29) is 0 Å². The number of nitrogens with zero attached hydrogens (tertiary/aromatic N) is 2. The molecule has 0 saturated carbocycles. The number of para-hydroxylation sites is 3. The van der Waals surface area contributed by atoms with Crippen LogP contribution in [0.25, 0.3) is 55.0 Å². The SMILES string of the molecule is c1ccc(S(c2ccccc2)(c2ccccc2)c2ccc3c4ccccc4n(-c4ccc5c(c4)c4cccc6c4n5-c4ccccc4S6(c4ccccc4)c4ccccc4)c3c2)cc1. The van der Waals surface area contributed by atoms with Gasteiger partial charge in [0.1, 0.15) is 0 Å². The van der Waals surface area contributed by atoms with Gasteiger partial charge in [0.05, 0.1) is 27.8 Å². The standard InChI is InChI=1S/C60H42N2S2/c1-6-21-44(22-7-1)63(45-23-8-2-9-24-45,46-25-10-3-11-26-46)49-38-39-51-50-31-16-17-33-54(50)61(57(51)42-49)43-37-40-55-53(41-43)52-32-20-36-59-60(52)62(55)56-34-18-19-35-58(56)64(59,47-27-12-4-13-28-47)48-29-14-5-15-30-48/h1-42H. The van der Waals surface area contributed by atoms with Crippen molar-refractivity contribution in [3.05, 3.63) is 255 Å². The molecule has 12 aromatic rings. The van der Waals surface area contributed by atoms with Gasteiger partial charge >= 0.3 is 0 Å². The molecular formula is C60H42N2S2. The van der Waals surface area contributed by atoms with E-state index in [0.29, 0.717) is 0 Å². The molecule has 3 heterocycles. The average molecular weight is 855 g/mol. The van der Waals surface area contributed by atoms with Gasteiger partial charge in [-0.3, -0.25) is 0 Å². The van der Waals surface area contributed by atoms with Crippen LogP contribution < -0.4 is 0 Å². The molecule has 0 N–H and O–H groups in total. The number of hydrogen-bond donors (Lipinski definition) is 0. The van der Waals surface area contributed by atoms with Gasteiger partial charge in [0.25, 0.3) is 0 Å². The summed E-state index contributed by atoms with van der Waals surface area (Å²) >= 11 is 0. The van der Waals surface area contributed by atoms with Crippen molar-refractivity contribution in [2.75, 3.05) is 0 Å². The second-order valence-electron chi connectivity index (χ2n) is 16.5. The fourth-order valence-electron chi connectivity index (χ4n) is 10.7. The summed E-state index contributed by atoms with van der Waals surface area (Å²) in [5, 5.41) is 5.02. The molecular weight excluding hydrogens is 813 g/mol. The van der Waals surface area contributed by atoms with E-state index in [0.717, 1.165) is 5.69 Å². The first-order chi connectivity index (χ1) is 31.8. The smallest absolute Gasteiger partial charge is 0.0671 e. The molecule has 0 bridgehead atoms. The van der Waals surface area contributed by atoms with Crippen molar-refractivity contribution in [1.29, 1.82) is 0 Å². The van der Waals surface area contributed by atoms with Crippen molar-refractivity contribution in [3.8, 4) is 11.4 Å². The highest BCUT2D eigenvalue weighted by Crippen LogP contribution is 2.77. The Morgan fingerprint density at radius 1 is 0.297 bits per heavy atom. The lowest BCUT2D eigenvalue weighted by molar-refractivity contribution is 1.06. The zero-order chi connectivity index (χ0) is 42.2. The van der Waals surface area contributed by atoms with Crippen LogP contribution in [0.5, 0.6) is 0 Å². The minimum absolute atomic E-state index is 1.15. The summed E-state index contributed by atoms with van der Waals surface area (Å²) in [7, 11) is -3.75. The molecule has 0 fully saturated rings. The van der Waals surface area contributed by atoms with E-state index in [9.17, 15) is 0 Å². The lowest BCUT2D eigenvalue weighted by Gasteiger charge is -2.46. The summed E-state index contributed by atoms with van der Waals surface area (Å²) in [5.41, 5.74) is 7.31. The van der Waals surface area contributed by atoms with E-state index in [1.54, 1.807) is 0 Å². The van der Waals surface area contributed by atoms with Gasteiger partial charge in [-0.25, -0.2) is 0 Å². The Kier molecular flexibility index (Phi) is 8.42. The number of fused-ring (bicyclic) bond motifs is 8. The van der Waals surface area contributed by atoms with Crippen LogP contribution in [0.3, 0.4) is 0 Å². The summed E-state index contributed by atoms with van der Waals surface area (Å²) in [5.74, 6) is 0. The molecule has 0 atom stereocenters. The van der Waals surface area contributed by atoms with Gasteiger partial charge < -0.3 is 9.13 Å². The maximum absolute atomic E-state index is 2.55.